The first-order valence-corrected chi connectivity index (χ1v) is 25.3. The number of rotatable bonds is 43. The van der Waals surface area contributed by atoms with Crippen LogP contribution in [0.2, 0.25) is 0 Å². The molecular formula is C48H93N2O6P. The van der Waals surface area contributed by atoms with E-state index in [1.54, 1.807) is 6.08 Å². The zero-order valence-corrected chi connectivity index (χ0v) is 38.9. The minimum Gasteiger partial charge on any atom is -0.756 e. The maximum Gasteiger partial charge on any atom is 0.268 e. The number of nitrogens with one attached hydrogen (secondary N) is 1. The van der Waals surface area contributed by atoms with Crippen LogP contribution in [0.3, 0.4) is 0 Å². The average molecular weight is 825 g/mol. The summed E-state index contributed by atoms with van der Waals surface area (Å²) in [4.78, 5) is 25.3. The number of aliphatic hydroxyl groups is 1. The van der Waals surface area contributed by atoms with E-state index in [1.165, 1.54) is 154 Å². The van der Waals surface area contributed by atoms with Gasteiger partial charge in [-0.05, 0) is 44.9 Å². The van der Waals surface area contributed by atoms with Crippen molar-refractivity contribution >= 4 is 13.7 Å². The molecule has 0 aromatic rings. The lowest BCUT2D eigenvalue weighted by Gasteiger charge is -2.29. The lowest BCUT2D eigenvalue weighted by molar-refractivity contribution is -0.870. The fourth-order valence-electron chi connectivity index (χ4n) is 6.79. The molecule has 3 unspecified atom stereocenters. The van der Waals surface area contributed by atoms with Crippen LogP contribution in [0.5, 0.6) is 0 Å². The molecule has 0 rings (SSSR count). The molecule has 0 saturated heterocycles. The first-order valence-electron chi connectivity index (χ1n) is 23.9. The van der Waals surface area contributed by atoms with Crippen molar-refractivity contribution < 1.29 is 32.9 Å². The van der Waals surface area contributed by atoms with Gasteiger partial charge in [0, 0.05) is 6.42 Å². The van der Waals surface area contributed by atoms with Crippen LogP contribution >= 0.6 is 7.82 Å². The summed E-state index contributed by atoms with van der Waals surface area (Å²) in [5.74, 6) is -0.201. The molecule has 0 bridgehead atoms. The Labute approximate surface area is 353 Å². The van der Waals surface area contributed by atoms with Crippen molar-refractivity contribution in [2.45, 2.75) is 225 Å². The number of hydrogen-bond acceptors (Lipinski definition) is 6. The molecule has 0 aromatic carbocycles. The number of allylic oxidation sites excluding steroid dienone is 5. The Morgan fingerprint density at radius 3 is 1.46 bits per heavy atom. The Kier molecular flexibility index (Phi) is 39.2. The number of likely N-dealkylation sites (N-methyl/N-ethyl adjacent to an activating group) is 1. The Balaban J connectivity index is 4.37. The molecule has 0 radical (unpaired) electrons. The summed E-state index contributed by atoms with van der Waals surface area (Å²) in [5.41, 5.74) is 0. The number of hydrogen-bond donors (Lipinski definition) is 2. The molecule has 0 saturated carbocycles. The van der Waals surface area contributed by atoms with Gasteiger partial charge in [0.25, 0.3) is 7.82 Å². The number of nitrogens with zero attached hydrogens (tertiary/aromatic N) is 1. The summed E-state index contributed by atoms with van der Waals surface area (Å²) < 4.78 is 23.2. The van der Waals surface area contributed by atoms with Gasteiger partial charge in [0.05, 0.1) is 39.9 Å². The quantitative estimate of drug-likeness (QED) is 0.0208. The van der Waals surface area contributed by atoms with Gasteiger partial charge in [0.15, 0.2) is 0 Å². The van der Waals surface area contributed by atoms with Crippen LogP contribution in [0.25, 0.3) is 0 Å². The van der Waals surface area contributed by atoms with Crippen LogP contribution in [0.15, 0.2) is 36.5 Å². The predicted octanol–water partition coefficient (Wildman–Crippen LogP) is 12.8. The monoisotopic (exact) mass is 825 g/mol. The molecule has 9 heteroatoms. The van der Waals surface area contributed by atoms with Gasteiger partial charge in [-0.1, -0.05) is 198 Å². The molecule has 0 heterocycles. The number of aliphatic hydroxyl groups excluding tert-OH is 1. The maximum absolute atomic E-state index is 12.9. The molecule has 0 spiro atoms. The number of carbonyl (C=O) groups excluding carboxylic acids is 1. The smallest absolute Gasteiger partial charge is 0.268 e. The highest BCUT2D eigenvalue weighted by Gasteiger charge is 2.23. The van der Waals surface area contributed by atoms with E-state index < -0.39 is 20.0 Å². The SMILES string of the molecule is CCCCC/C=C\C=C/CCCCCCCCCCCCC(=O)NC(COP(=O)([O-])OCC[N+](C)(C)C)C(O)/C=C/CCCCCCCCCCCCCCCC. The van der Waals surface area contributed by atoms with Gasteiger partial charge in [0.1, 0.15) is 13.2 Å². The molecule has 336 valence electrons. The molecule has 8 nitrogen and oxygen atoms in total. The van der Waals surface area contributed by atoms with Crippen LogP contribution in [0, 0.1) is 0 Å². The van der Waals surface area contributed by atoms with E-state index in [2.05, 4.69) is 43.5 Å². The molecule has 0 aliphatic heterocycles. The molecule has 2 N–H and O–H groups in total. The second kappa shape index (κ2) is 40.1. The molecule has 57 heavy (non-hydrogen) atoms. The number of unbranched alkanes of at least 4 members (excludes halogenated alkanes) is 27. The highest BCUT2D eigenvalue weighted by molar-refractivity contribution is 7.45. The largest absolute Gasteiger partial charge is 0.756 e. The van der Waals surface area contributed by atoms with Crippen molar-refractivity contribution in [2.75, 3.05) is 40.9 Å². The van der Waals surface area contributed by atoms with Crippen molar-refractivity contribution in [3.8, 4) is 0 Å². The van der Waals surface area contributed by atoms with Crippen molar-refractivity contribution in [3.63, 3.8) is 0 Å². The van der Waals surface area contributed by atoms with Crippen molar-refractivity contribution in [2.24, 2.45) is 0 Å². The summed E-state index contributed by atoms with van der Waals surface area (Å²) >= 11 is 0. The summed E-state index contributed by atoms with van der Waals surface area (Å²) in [7, 11) is 1.26. The van der Waals surface area contributed by atoms with Gasteiger partial charge < -0.3 is 28.8 Å². The van der Waals surface area contributed by atoms with Crippen molar-refractivity contribution in [1.29, 1.82) is 0 Å². The minimum absolute atomic E-state index is 0.00164. The predicted molar refractivity (Wildman–Crippen MR) is 242 cm³/mol. The van der Waals surface area contributed by atoms with Crippen LogP contribution in [0.1, 0.15) is 213 Å². The first-order chi connectivity index (χ1) is 27.5. The minimum atomic E-state index is -4.59. The Bertz CT molecular complexity index is 1030. The summed E-state index contributed by atoms with van der Waals surface area (Å²) in [6, 6.07) is -0.887. The maximum atomic E-state index is 12.9. The fraction of sp³-hybridized carbons (Fsp3) is 0.854. The van der Waals surface area contributed by atoms with Gasteiger partial charge in [-0.25, -0.2) is 0 Å². The third kappa shape index (κ3) is 42.6. The summed E-state index contributed by atoms with van der Waals surface area (Å²) in [6.45, 7) is 4.62. The van der Waals surface area contributed by atoms with Crippen LogP contribution in [-0.4, -0.2) is 68.5 Å². The second-order valence-electron chi connectivity index (χ2n) is 17.5. The first kappa shape index (κ1) is 55.7. The third-order valence-electron chi connectivity index (χ3n) is 10.6. The molecule has 0 aromatic heterocycles. The van der Waals surface area contributed by atoms with E-state index >= 15 is 0 Å². The Morgan fingerprint density at radius 2 is 1.00 bits per heavy atom. The van der Waals surface area contributed by atoms with Gasteiger partial charge in [-0.15, -0.1) is 0 Å². The zero-order valence-electron chi connectivity index (χ0n) is 38.0. The Morgan fingerprint density at radius 1 is 0.614 bits per heavy atom. The third-order valence-corrected chi connectivity index (χ3v) is 11.6. The zero-order chi connectivity index (χ0) is 42.1. The summed E-state index contributed by atoms with van der Waals surface area (Å²) in [5, 5.41) is 13.8. The molecule has 1 amide bonds. The highest BCUT2D eigenvalue weighted by Crippen LogP contribution is 2.38. The fourth-order valence-corrected chi connectivity index (χ4v) is 7.51. The van der Waals surface area contributed by atoms with E-state index in [0.717, 1.165) is 38.5 Å². The molecule has 0 fully saturated rings. The van der Waals surface area contributed by atoms with E-state index in [4.69, 9.17) is 9.05 Å². The second-order valence-corrected chi connectivity index (χ2v) is 18.9. The van der Waals surface area contributed by atoms with E-state index in [0.29, 0.717) is 17.4 Å². The van der Waals surface area contributed by atoms with E-state index in [-0.39, 0.29) is 19.1 Å². The van der Waals surface area contributed by atoms with Gasteiger partial charge in [-0.2, -0.15) is 0 Å². The number of quaternary nitrogens is 1. The van der Waals surface area contributed by atoms with Gasteiger partial charge in [-0.3, -0.25) is 9.36 Å². The van der Waals surface area contributed by atoms with E-state index in [9.17, 15) is 19.4 Å². The van der Waals surface area contributed by atoms with Gasteiger partial charge in [0.2, 0.25) is 5.91 Å². The normalized spacial score (nSPS) is 14.6. The van der Waals surface area contributed by atoms with Crippen LogP contribution in [-0.2, 0) is 18.4 Å². The lowest BCUT2D eigenvalue weighted by atomic mass is 10.0. The standard InChI is InChI=1S/C48H93N2O6P/c1-6-8-10-12-14-16-18-20-22-24-25-26-28-30-32-34-36-38-40-42-48(52)49-46(45-56-57(53,54)55-44-43-50(3,4)5)47(51)41-39-37-35-33-31-29-27-23-21-19-17-15-13-11-9-7-2/h14,16,18,20,39,41,46-47,51H,6-13,15,17,19,21-38,40,42-45H2,1-5H3,(H-,49,52,53,54)/b16-14-,20-18-,41-39+. The van der Waals surface area contributed by atoms with E-state index in [1.807, 2.05) is 27.2 Å². The lowest BCUT2D eigenvalue weighted by Crippen LogP contribution is -2.45. The Hall–Kier alpha value is -1.28. The number of amides is 1. The number of phosphoric ester groups is 1. The summed E-state index contributed by atoms with van der Waals surface area (Å²) in [6.07, 6.45) is 49.0. The molecule has 0 aliphatic carbocycles. The topological polar surface area (TPSA) is 108 Å². The average Bonchev–Trinajstić information content (AvgIpc) is 3.16. The van der Waals surface area contributed by atoms with Crippen molar-refractivity contribution in [1.82, 2.24) is 5.32 Å². The van der Waals surface area contributed by atoms with Gasteiger partial charge >= 0.3 is 0 Å². The van der Waals surface area contributed by atoms with Crippen LogP contribution < -0.4 is 10.2 Å². The molecule has 3 atom stereocenters. The molecular weight excluding hydrogens is 732 g/mol. The number of carbonyl (C=O) groups is 1. The molecule has 0 aliphatic rings. The number of phosphoric acid groups is 1. The highest BCUT2D eigenvalue weighted by atomic mass is 31.2. The van der Waals surface area contributed by atoms with Crippen LogP contribution in [0.4, 0.5) is 0 Å². The van der Waals surface area contributed by atoms with Crippen molar-refractivity contribution in [3.05, 3.63) is 36.5 Å².